The van der Waals surface area contributed by atoms with Crippen molar-refractivity contribution in [3.05, 3.63) is 65.2 Å². The van der Waals surface area contributed by atoms with E-state index >= 15 is 0 Å². The van der Waals surface area contributed by atoms with E-state index in [4.69, 9.17) is 0 Å². The lowest BCUT2D eigenvalue weighted by Crippen LogP contribution is -2.50. The molecule has 0 bridgehead atoms. The summed E-state index contributed by atoms with van der Waals surface area (Å²) in [7, 11) is -4.59. The Hall–Kier alpha value is -3.23. The van der Waals surface area contributed by atoms with Gasteiger partial charge in [0.1, 0.15) is 10.4 Å². The molecule has 1 aliphatic heterocycles. The van der Waals surface area contributed by atoms with Crippen LogP contribution in [0.2, 0.25) is 0 Å². The van der Waals surface area contributed by atoms with Crippen LogP contribution in [-0.2, 0) is 36.3 Å². The topological polar surface area (TPSA) is 91.8 Å². The fourth-order valence-corrected chi connectivity index (χ4v) is 8.60. The molecule has 15 heteroatoms. The third-order valence-electron chi connectivity index (χ3n) is 8.91. The molecule has 2 aromatic rings. The van der Waals surface area contributed by atoms with Crippen molar-refractivity contribution in [3.63, 3.8) is 0 Å². The van der Waals surface area contributed by atoms with E-state index in [1.54, 1.807) is 0 Å². The van der Waals surface area contributed by atoms with Crippen molar-refractivity contribution in [2.24, 2.45) is 11.8 Å². The van der Waals surface area contributed by atoms with Crippen molar-refractivity contribution in [1.29, 1.82) is 0 Å². The van der Waals surface area contributed by atoms with Gasteiger partial charge >= 0.3 is 24.0 Å². The van der Waals surface area contributed by atoms with Gasteiger partial charge < -0.3 is 10.0 Å². The van der Waals surface area contributed by atoms with Crippen LogP contribution in [-0.4, -0.2) is 61.4 Å². The number of carbonyl (C=O) groups is 2. The molecule has 46 heavy (non-hydrogen) atoms. The third-order valence-corrected chi connectivity index (χ3v) is 11.4. The molecule has 4 rings (SSSR count). The van der Waals surface area contributed by atoms with Crippen LogP contribution < -0.4 is 0 Å². The molecule has 0 spiro atoms. The number of carbonyl (C=O) groups excluding carboxylic acids is 1. The summed E-state index contributed by atoms with van der Waals surface area (Å²) in [6.07, 6.45) is -12.3. The number of rotatable bonds is 8. The molecule has 2 aromatic carbocycles. The fraction of sp³-hybridized carbons (Fsp3) is 0.548. The highest BCUT2D eigenvalue weighted by molar-refractivity contribution is 7.92. The van der Waals surface area contributed by atoms with Gasteiger partial charge in [0.15, 0.2) is 9.84 Å². The van der Waals surface area contributed by atoms with Gasteiger partial charge in [0.25, 0.3) is 0 Å². The van der Waals surface area contributed by atoms with Crippen molar-refractivity contribution >= 4 is 21.7 Å². The van der Waals surface area contributed by atoms with Crippen LogP contribution in [0.1, 0.15) is 62.6 Å². The van der Waals surface area contributed by atoms with E-state index in [1.165, 1.54) is 43.0 Å². The standard InChI is InChI=1S/C31H33F8NO5S/c1-27(2,32)17-19-4-3-5-24(16-19)46(44,45)28(14-15-40(18-28)25(41)20-6-8-21(9-7-20)26(42)43)22-10-12-23(13-11-22)29(33,30(34,35)36)31(37,38)39/h3-5,10-13,16,20-21H,6-9,14-15,17-18H2,1-2H3,(H,42,43)/t20-,21-,28?. The Morgan fingerprint density at radius 3 is 1.91 bits per heavy atom. The van der Waals surface area contributed by atoms with E-state index in [2.05, 4.69) is 0 Å². The molecule has 0 radical (unpaired) electrons. The van der Waals surface area contributed by atoms with Crippen molar-refractivity contribution in [3.8, 4) is 0 Å². The number of hydrogen-bond donors (Lipinski definition) is 1. The highest BCUT2D eigenvalue weighted by Gasteiger charge is 2.73. The van der Waals surface area contributed by atoms with Gasteiger partial charge in [0.05, 0.1) is 10.8 Å². The average Bonchev–Trinajstić information content (AvgIpc) is 3.42. The first-order valence-corrected chi connectivity index (χ1v) is 16.0. The number of benzene rings is 2. The zero-order chi connectivity index (χ0) is 34.5. The molecule has 1 N–H and O–H groups in total. The quantitative estimate of drug-likeness (QED) is 0.301. The van der Waals surface area contributed by atoms with Crippen molar-refractivity contribution in [1.82, 2.24) is 4.90 Å². The molecule has 6 nitrogen and oxygen atoms in total. The first-order valence-electron chi connectivity index (χ1n) is 14.5. The number of nitrogens with zero attached hydrogens (tertiary/aromatic N) is 1. The molecule has 254 valence electrons. The van der Waals surface area contributed by atoms with Gasteiger partial charge in [-0.25, -0.2) is 17.2 Å². The molecule has 1 aliphatic carbocycles. The number of alkyl halides is 8. The van der Waals surface area contributed by atoms with E-state index in [9.17, 15) is 58.2 Å². The van der Waals surface area contributed by atoms with Gasteiger partial charge in [-0.3, -0.25) is 9.59 Å². The zero-order valence-electron chi connectivity index (χ0n) is 24.9. The summed E-state index contributed by atoms with van der Waals surface area (Å²) in [6.45, 7) is 1.90. The predicted octanol–water partition coefficient (Wildman–Crippen LogP) is 7.06. The maximum absolute atomic E-state index is 14.8. The maximum atomic E-state index is 14.8. The number of likely N-dealkylation sites (tertiary alicyclic amines) is 1. The van der Waals surface area contributed by atoms with Gasteiger partial charge in [0, 0.05) is 31.0 Å². The van der Waals surface area contributed by atoms with Gasteiger partial charge in [-0.1, -0.05) is 36.4 Å². The molecule has 2 fully saturated rings. The summed E-state index contributed by atoms with van der Waals surface area (Å²) < 4.78 is 136. The van der Waals surface area contributed by atoms with Crippen LogP contribution in [0, 0.1) is 11.8 Å². The third kappa shape index (κ3) is 6.48. The number of hydrogen-bond acceptors (Lipinski definition) is 4. The lowest BCUT2D eigenvalue weighted by Gasteiger charge is -2.33. The minimum atomic E-state index is -6.38. The Balaban J connectivity index is 1.78. The highest BCUT2D eigenvalue weighted by Crippen LogP contribution is 2.54. The zero-order valence-corrected chi connectivity index (χ0v) is 25.7. The lowest BCUT2D eigenvalue weighted by molar-refractivity contribution is -0.348. The number of carboxylic acids is 1. The molecule has 0 aromatic heterocycles. The average molecular weight is 684 g/mol. The molecular formula is C31H33F8NO5S. The number of amides is 1. The second-order valence-electron chi connectivity index (χ2n) is 12.7. The minimum absolute atomic E-state index is 0.145. The van der Waals surface area contributed by atoms with Crippen LogP contribution in [0.3, 0.4) is 0 Å². The first-order chi connectivity index (χ1) is 21.0. The number of aliphatic carboxylic acids is 1. The van der Waals surface area contributed by atoms with Gasteiger partial charge in [0.2, 0.25) is 5.91 Å². The summed E-state index contributed by atoms with van der Waals surface area (Å²) in [6, 6.07) is 7.18. The summed E-state index contributed by atoms with van der Waals surface area (Å²) in [5, 5.41) is 9.28. The number of halogens is 8. The molecule has 1 amide bonds. The fourth-order valence-electron chi connectivity index (χ4n) is 6.45. The Labute approximate surface area is 260 Å². The van der Waals surface area contributed by atoms with Crippen LogP contribution in [0.4, 0.5) is 35.1 Å². The van der Waals surface area contributed by atoms with Gasteiger partial charge in [-0.2, -0.15) is 26.3 Å². The normalized spacial score (nSPS) is 23.4. The second-order valence-corrected chi connectivity index (χ2v) is 14.9. The number of sulfone groups is 1. The molecule has 2 aliphatic rings. The molecule has 1 heterocycles. The summed E-state index contributed by atoms with van der Waals surface area (Å²) in [4.78, 5) is 25.8. The SMILES string of the molecule is CC(C)(F)Cc1cccc(S(=O)(=O)C2(c3ccc(C(F)(C(F)(F)F)C(F)(F)F)cc3)CCN(C(=O)[C@H]3CC[C@H](C(=O)O)CC3)C2)c1. The molecule has 1 atom stereocenters. The number of carboxylic acid groups (broad SMARTS) is 1. The van der Waals surface area contributed by atoms with E-state index < -0.39 is 74.1 Å². The largest absolute Gasteiger partial charge is 0.481 e. The van der Waals surface area contributed by atoms with E-state index in [0.29, 0.717) is 17.7 Å². The molecule has 1 saturated heterocycles. The van der Waals surface area contributed by atoms with Gasteiger partial charge in [-0.05, 0) is 69.2 Å². The molecular weight excluding hydrogens is 650 g/mol. The van der Waals surface area contributed by atoms with Crippen LogP contribution in [0.25, 0.3) is 0 Å². The Morgan fingerprint density at radius 1 is 0.870 bits per heavy atom. The maximum Gasteiger partial charge on any atom is 0.435 e. The Morgan fingerprint density at radius 2 is 1.41 bits per heavy atom. The van der Waals surface area contributed by atoms with Crippen molar-refractivity contribution in [2.45, 2.75) is 85.7 Å². The summed E-state index contributed by atoms with van der Waals surface area (Å²) >= 11 is 0. The molecule has 1 unspecified atom stereocenters. The van der Waals surface area contributed by atoms with E-state index in [0.717, 1.165) is 0 Å². The van der Waals surface area contributed by atoms with Gasteiger partial charge in [-0.15, -0.1) is 0 Å². The van der Waals surface area contributed by atoms with Crippen LogP contribution in [0.15, 0.2) is 53.4 Å². The highest BCUT2D eigenvalue weighted by atomic mass is 32.2. The minimum Gasteiger partial charge on any atom is -0.481 e. The smallest absolute Gasteiger partial charge is 0.435 e. The Kier molecular flexibility index (Phi) is 9.36. The van der Waals surface area contributed by atoms with Crippen LogP contribution >= 0.6 is 0 Å². The van der Waals surface area contributed by atoms with E-state index in [-0.39, 0.29) is 67.7 Å². The summed E-state index contributed by atoms with van der Waals surface area (Å²) in [5.74, 6) is -2.69. The van der Waals surface area contributed by atoms with E-state index in [1.807, 2.05) is 0 Å². The van der Waals surface area contributed by atoms with Crippen LogP contribution in [0.5, 0.6) is 0 Å². The second kappa shape index (κ2) is 12.1. The van der Waals surface area contributed by atoms with Crippen molar-refractivity contribution in [2.75, 3.05) is 13.1 Å². The monoisotopic (exact) mass is 683 g/mol. The summed E-state index contributed by atoms with van der Waals surface area (Å²) in [5.41, 5.74) is -9.20. The Bertz CT molecular complexity index is 1540. The first kappa shape index (κ1) is 35.6. The molecule has 1 saturated carbocycles. The lowest BCUT2D eigenvalue weighted by atomic mass is 9.81. The predicted molar refractivity (Wildman–Crippen MR) is 150 cm³/mol. The van der Waals surface area contributed by atoms with Crippen molar-refractivity contribution < 1.29 is 58.2 Å².